The first-order chi connectivity index (χ1) is 6.24. The number of hydrogen-bond acceptors (Lipinski definition) is 2. The Kier molecular flexibility index (Phi) is 8.46. The number of aliphatic hydroxyl groups excluding tert-OH is 2. The Morgan fingerprint density at radius 1 is 1.00 bits per heavy atom. The molecule has 80 valence electrons. The van der Waals surface area contributed by atoms with Crippen LogP contribution in [0.15, 0.2) is 0 Å². The first-order valence-corrected chi connectivity index (χ1v) is 5.46. The lowest BCUT2D eigenvalue weighted by Gasteiger charge is -2.13. The molecule has 13 heavy (non-hydrogen) atoms. The van der Waals surface area contributed by atoms with Crippen molar-refractivity contribution >= 4 is 0 Å². The lowest BCUT2D eigenvalue weighted by atomic mass is 9.95. The largest absolute Gasteiger partial charge is 0.396 e. The zero-order valence-electron chi connectivity index (χ0n) is 9.00. The molecule has 2 nitrogen and oxygen atoms in total. The second-order valence-electron chi connectivity index (χ2n) is 4.06. The Bertz CT molecular complexity index is 104. The summed E-state index contributed by atoms with van der Waals surface area (Å²) in [4.78, 5) is 0. The molecule has 0 bridgehead atoms. The maximum absolute atomic E-state index is 9.03. The average molecular weight is 188 g/mol. The first kappa shape index (κ1) is 12.9. The van der Waals surface area contributed by atoms with Gasteiger partial charge >= 0.3 is 0 Å². The molecule has 0 saturated heterocycles. The zero-order valence-corrected chi connectivity index (χ0v) is 9.00. The number of aliphatic hydroxyl groups is 2. The van der Waals surface area contributed by atoms with Gasteiger partial charge in [-0.15, -0.1) is 0 Å². The van der Waals surface area contributed by atoms with Crippen molar-refractivity contribution in [2.75, 3.05) is 13.2 Å². The van der Waals surface area contributed by atoms with Crippen LogP contribution in [-0.2, 0) is 0 Å². The average Bonchev–Trinajstić information content (AvgIpc) is 2.16. The summed E-state index contributed by atoms with van der Waals surface area (Å²) in [5, 5.41) is 17.8. The van der Waals surface area contributed by atoms with Gasteiger partial charge in [0.1, 0.15) is 0 Å². The van der Waals surface area contributed by atoms with Gasteiger partial charge in [-0.2, -0.15) is 0 Å². The molecule has 2 N–H and O–H groups in total. The van der Waals surface area contributed by atoms with E-state index in [1.807, 2.05) is 0 Å². The van der Waals surface area contributed by atoms with Gasteiger partial charge in [0.15, 0.2) is 0 Å². The summed E-state index contributed by atoms with van der Waals surface area (Å²) in [5.74, 6) is 0.900. The van der Waals surface area contributed by atoms with Gasteiger partial charge in [-0.25, -0.2) is 0 Å². The van der Waals surface area contributed by atoms with E-state index in [-0.39, 0.29) is 6.61 Å². The molecule has 0 amide bonds. The van der Waals surface area contributed by atoms with Crippen molar-refractivity contribution in [3.63, 3.8) is 0 Å². The molecule has 0 aromatic rings. The van der Waals surface area contributed by atoms with Gasteiger partial charge in [-0.1, -0.05) is 26.7 Å². The summed E-state index contributed by atoms with van der Waals surface area (Å²) < 4.78 is 0. The minimum atomic E-state index is 0.289. The maximum Gasteiger partial charge on any atom is 0.0459 e. The smallest absolute Gasteiger partial charge is 0.0459 e. The van der Waals surface area contributed by atoms with Crippen LogP contribution in [0.1, 0.15) is 46.0 Å². The second-order valence-corrected chi connectivity index (χ2v) is 4.06. The molecule has 2 heteroatoms. The van der Waals surface area contributed by atoms with E-state index in [0.717, 1.165) is 32.1 Å². The Labute approximate surface area is 82.0 Å². The van der Waals surface area contributed by atoms with Gasteiger partial charge in [0.2, 0.25) is 0 Å². The molecule has 2 unspecified atom stereocenters. The predicted octanol–water partition coefficient (Wildman–Crippen LogP) is 2.19. The maximum atomic E-state index is 9.03. The SMILES string of the molecule is CCCC(CO)CCCC(C)CO. The van der Waals surface area contributed by atoms with Crippen molar-refractivity contribution in [1.29, 1.82) is 0 Å². The second kappa shape index (κ2) is 8.52. The van der Waals surface area contributed by atoms with E-state index in [1.54, 1.807) is 0 Å². The van der Waals surface area contributed by atoms with Gasteiger partial charge < -0.3 is 10.2 Å². The normalized spacial score (nSPS) is 15.7. The lowest BCUT2D eigenvalue weighted by Crippen LogP contribution is -2.07. The van der Waals surface area contributed by atoms with Crippen molar-refractivity contribution < 1.29 is 10.2 Å². The van der Waals surface area contributed by atoms with Crippen molar-refractivity contribution in [1.82, 2.24) is 0 Å². The Morgan fingerprint density at radius 2 is 1.69 bits per heavy atom. The summed E-state index contributed by atoms with van der Waals surface area (Å²) in [6.07, 6.45) is 5.60. The highest BCUT2D eigenvalue weighted by molar-refractivity contribution is 4.59. The molecule has 0 heterocycles. The molecule has 2 atom stereocenters. The van der Waals surface area contributed by atoms with E-state index in [9.17, 15) is 0 Å². The molecular weight excluding hydrogens is 164 g/mol. The monoisotopic (exact) mass is 188 g/mol. The fourth-order valence-corrected chi connectivity index (χ4v) is 1.58. The van der Waals surface area contributed by atoms with Gasteiger partial charge in [-0.05, 0) is 31.1 Å². The Hall–Kier alpha value is -0.0800. The number of rotatable bonds is 8. The summed E-state index contributed by atoms with van der Waals surface area (Å²) in [6.45, 7) is 4.83. The van der Waals surface area contributed by atoms with E-state index in [0.29, 0.717) is 18.4 Å². The highest BCUT2D eigenvalue weighted by Crippen LogP contribution is 2.16. The van der Waals surface area contributed by atoms with Gasteiger partial charge in [0.25, 0.3) is 0 Å². The highest BCUT2D eigenvalue weighted by Gasteiger charge is 2.07. The molecule has 0 radical (unpaired) electrons. The third-order valence-corrected chi connectivity index (χ3v) is 2.58. The van der Waals surface area contributed by atoms with Crippen LogP contribution in [0.25, 0.3) is 0 Å². The fourth-order valence-electron chi connectivity index (χ4n) is 1.58. The molecule has 0 aliphatic rings. The molecule has 0 aliphatic heterocycles. The van der Waals surface area contributed by atoms with Crippen molar-refractivity contribution in [2.45, 2.75) is 46.0 Å². The third-order valence-electron chi connectivity index (χ3n) is 2.58. The fraction of sp³-hybridized carbons (Fsp3) is 1.00. The van der Waals surface area contributed by atoms with Crippen LogP contribution in [0.2, 0.25) is 0 Å². The minimum absolute atomic E-state index is 0.289. The zero-order chi connectivity index (χ0) is 10.1. The van der Waals surface area contributed by atoms with Crippen LogP contribution in [0, 0.1) is 11.8 Å². The van der Waals surface area contributed by atoms with Crippen molar-refractivity contribution in [3.05, 3.63) is 0 Å². The van der Waals surface area contributed by atoms with E-state index < -0.39 is 0 Å². The highest BCUT2D eigenvalue weighted by atomic mass is 16.3. The van der Waals surface area contributed by atoms with Gasteiger partial charge in [-0.3, -0.25) is 0 Å². The van der Waals surface area contributed by atoms with Crippen LogP contribution in [0.3, 0.4) is 0 Å². The van der Waals surface area contributed by atoms with E-state index >= 15 is 0 Å². The summed E-state index contributed by atoms with van der Waals surface area (Å²) in [7, 11) is 0. The van der Waals surface area contributed by atoms with Gasteiger partial charge in [0, 0.05) is 13.2 Å². The predicted molar refractivity (Wildman–Crippen MR) is 55.6 cm³/mol. The molecule has 0 aliphatic carbocycles. The van der Waals surface area contributed by atoms with E-state index in [1.165, 1.54) is 0 Å². The van der Waals surface area contributed by atoms with Crippen LogP contribution >= 0.6 is 0 Å². The quantitative estimate of drug-likeness (QED) is 0.613. The lowest BCUT2D eigenvalue weighted by molar-refractivity contribution is 0.195. The molecule has 0 saturated carbocycles. The van der Waals surface area contributed by atoms with Crippen molar-refractivity contribution in [2.24, 2.45) is 11.8 Å². The van der Waals surface area contributed by atoms with Crippen LogP contribution in [0.4, 0.5) is 0 Å². The van der Waals surface area contributed by atoms with Crippen LogP contribution < -0.4 is 0 Å². The Morgan fingerprint density at radius 3 is 2.15 bits per heavy atom. The molecule has 0 fully saturated rings. The number of hydrogen-bond donors (Lipinski definition) is 2. The van der Waals surface area contributed by atoms with Gasteiger partial charge in [0.05, 0.1) is 0 Å². The summed E-state index contributed by atoms with van der Waals surface area (Å²) >= 11 is 0. The molecular formula is C11H24O2. The Balaban J connectivity index is 3.37. The van der Waals surface area contributed by atoms with E-state index in [2.05, 4.69) is 13.8 Å². The minimum Gasteiger partial charge on any atom is -0.396 e. The molecule has 0 aromatic heterocycles. The molecule has 0 rings (SSSR count). The summed E-state index contributed by atoms with van der Waals surface area (Å²) in [5.41, 5.74) is 0. The van der Waals surface area contributed by atoms with Crippen molar-refractivity contribution in [3.8, 4) is 0 Å². The van der Waals surface area contributed by atoms with Crippen LogP contribution in [-0.4, -0.2) is 23.4 Å². The molecule has 0 spiro atoms. The topological polar surface area (TPSA) is 40.5 Å². The molecule has 0 aromatic carbocycles. The van der Waals surface area contributed by atoms with E-state index in [4.69, 9.17) is 10.2 Å². The first-order valence-electron chi connectivity index (χ1n) is 5.46. The standard InChI is InChI=1S/C11H24O2/c1-3-5-11(9-13)7-4-6-10(2)8-12/h10-13H,3-9H2,1-2H3. The summed E-state index contributed by atoms with van der Waals surface area (Å²) in [6, 6.07) is 0. The third kappa shape index (κ3) is 7.03. The van der Waals surface area contributed by atoms with Crippen LogP contribution in [0.5, 0.6) is 0 Å².